The third kappa shape index (κ3) is 4.55. The second kappa shape index (κ2) is 8.52. The first-order chi connectivity index (χ1) is 14.8. The summed E-state index contributed by atoms with van der Waals surface area (Å²) in [4.78, 5) is 12.3. The molecule has 1 amide bonds. The maximum atomic E-state index is 13.0. The van der Waals surface area contributed by atoms with Crippen LogP contribution in [-0.2, 0) is 30.9 Å². The lowest BCUT2D eigenvalue weighted by Crippen LogP contribution is -2.57. The van der Waals surface area contributed by atoms with Crippen molar-refractivity contribution in [1.29, 1.82) is 0 Å². The van der Waals surface area contributed by atoms with Crippen molar-refractivity contribution in [2.24, 2.45) is 0 Å². The first-order valence-corrected chi connectivity index (χ1v) is 11.0. The third-order valence-corrected chi connectivity index (χ3v) is 6.95. The summed E-state index contributed by atoms with van der Waals surface area (Å²) in [6.45, 7) is 0.269. The average molecular weight is 452 g/mol. The van der Waals surface area contributed by atoms with Crippen LogP contribution in [0.3, 0.4) is 0 Å². The van der Waals surface area contributed by atoms with Gasteiger partial charge in [-0.3, -0.25) is 10.0 Å². The van der Waals surface area contributed by atoms with Crippen LogP contribution in [0.5, 0.6) is 5.75 Å². The Kier molecular flexibility index (Phi) is 5.95. The minimum atomic E-state index is -4.11. The minimum Gasteiger partial charge on any atom is -0.489 e. The summed E-state index contributed by atoms with van der Waals surface area (Å²) < 4.78 is 57.6. The van der Waals surface area contributed by atoms with Crippen molar-refractivity contribution >= 4 is 15.9 Å². The molecule has 0 radical (unpaired) electrons. The Bertz CT molecular complexity index is 1030. The molecule has 1 aliphatic carbocycles. The van der Waals surface area contributed by atoms with Gasteiger partial charge in [0.05, 0.1) is 17.1 Å². The molecule has 31 heavy (non-hydrogen) atoms. The molecule has 3 atom stereocenters. The van der Waals surface area contributed by atoms with Crippen LogP contribution >= 0.6 is 0 Å². The maximum absolute atomic E-state index is 13.0. The van der Waals surface area contributed by atoms with E-state index in [9.17, 15) is 17.6 Å². The molecule has 11 heteroatoms. The Morgan fingerprint density at radius 1 is 1.10 bits per heavy atom. The van der Waals surface area contributed by atoms with Crippen molar-refractivity contribution in [3.63, 3.8) is 0 Å². The van der Waals surface area contributed by atoms with E-state index >= 15 is 0 Å². The summed E-state index contributed by atoms with van der Waals surface area (Å²) in [5.41, 5.74) is 0.697. The number of sulfonamides is 1. The van der Waals surface area contributed by atoms with E-state index in [4.69, 9.17) is 19.4 Å². The van der Waals surface area contributed by atoms with E-state index in [-0.39, 0.29) is 37.0 Å². The molecule has 1 heterocycles. The van der Waals surface area contributed by atoms with Gasteiger partial charge >= 0.3 is 0 Å². The van der Waals surface area contributed by atoms with E-state index in [0.717, 1.165) is 5.56 Å². The van der Waals surface area contributed by atoms with Crippen LogP contribution in [-0.4, -0.2) is 44.1 Å². The average Bonchev–Trinajstić information content (AvgIpc) is 3.32. The highest BCUT2D eigenvalue weighted by atomic mass is 32.2. The fraction of sp³-hybridized carbons (Fsp3) is 0.350. The molecule has 1 aliphatic heterocycles. The largest absolute Gasteiger partial charge is 0.489 e. The highest BCUT2D eigenvalue weighted by Crippen LogP contribution is 2.38. The zero-order chi connectivity index (χ0) is 22.1. The molecular formula is C20H21FN2O7S. The monoisotopic (exact) mass is 452 g/mol. The van der Waals surface area contributed by atoms with Crippen LogP contribution in [0, 0.1) is 5.82 Å². The van der Waals surface area contributed by atoms with Crippen LogP contribution < -0.4 is 14.9 Å². The normalized spacial score (nSPS) is 25.2. The van der Waals surface area contributed by atoms with Gasteiger partial charge in [-0.2, -0.15) is 4.72 Å². The van der Waals surface area contributed by atoms with Crippen molar-refractivity contribution in [3.05, 3.63) is 59.9 Å². The lowest BCUT2D eigenvalue weighted by atomic mass is 9.98. The molecule has 1 saturated carbocycles. The van der Waals surface area contributed by atoms with Crippen LogP contribution in [0.15, 0.2) is 53.4 Å². The van der Waals surface area contributed by atoms with Crippen LogP contribution in [0.2, 0.25) is 0 Å². The van der Waals surface area contributed by atoms with E-state index in [1.54, 1.807) is 12.1 Å². The van der Waals surface area contributed by atoms with Gasteiger partial charge in [0.2, 0.25) is 10.0 Å². The summed E-state index contributed by atoms with van der Waals surface area (Å²) in [6.07, 6.45) is -0.825. The van der Waals surface area contributed by atoms with Gasteiger partial charge in [0.1, 0.15) is 30.5 Å². The van der Waals surface area contributed by atoms with Crippen molar-refractivity contribution in [2.75, 3.05) is 6.79 Å². The molecule has 2 fully saturated rings. The number of amides is 1. The number of hydrogen-bond acceptors (Lipinski definition) is 7. The Balaban J connectivity index is 1.46. The minimum absolute atomic E-state index is 0.0299. The molecular weight excluding hydrogens is 431 g/mol. The topological polar surface area (TPSA) is 123 Å². The maximum Gasteiger partial charge on any atom is 0.264 e. The quantitative estimate of drug-likeness (QED) is 0.429. The third-order valence-electron chi connectivity index (χ3n) is 5.40. The molecule has 2 aromatic rings. The number of benzene rings is 2. The van der Waals surface area contributed by atoms with Crippen LogP contribution in [0.4, 0.5) is 4.39 Å². The number of hydrogen-bond donors (Lipinski definition) is 3. The van der Waals surface area contributed by atoms with Gasteiger partial charge in [-0.15, -0.1) is 0 Å². The zero-order valence-corrected chi connectivity index (χ0v) is 17.1. The number of halogens is 1. The number of hydroxylamine groups is 1. The summed E-state index contributed by atoms with van der Waals surface area (Å²) in [5.74, 6) is -0.803. The Morgan fingerprint density at radius 2 is 1.71 bits per heavy atom. The number of rotatable bonds is 7. The number of ether oxygens (including phenoxy) is 3. The molecule has 0 spiro atoms. The second-order valence-corrected chi connectivity index (χ2v) is 9.13. The predicted molar refractivity (Wildman–Crippen MR) is 104 cm³/mol. The van der Waals surface area contributed by atoms with Crippen molar-refractivity contribution in [3.8, 4) is 5.75 Å². The highest BCUT2D eigenvalue weighted by molar-refractivity contribution is 7.89. The fourth-order valence-corrected chi connectivity index (χ4v) is 5.17. The lowest BCUT2D eigenvalue weighted by Gasteiger charge is -2.28. The number of fused-ring (bicyclic) bond motifs is 1. The molecule has 4 rings (SSSR count). The van der Waals surface area contributed by atoms with E-state index in [1.807, 2.05) is 0 Å². The Labute approximate surface area is 178 Å². The van der Waals surface area contributed by atoms with Gasteiger partial charge in [0.15, 0.2) is 0 Å². The van der Waals surface area contributed by atoms with Gasteiger partial charge < -0.3 is 14.2 Å². The molecule has 0 bridgehead atoms. The Morgan fingerprint density at radius 3 is 2.29 bits per heavy atom. The summed E-state index contributed by atoms with van der Waals surface area (Å²) in [5, 5.41) is 9.14. The van der Waals surface area contributed by atoms with Gasteiger partial charge in [0.25, 0.3) is 5.91 Å². The second-order valence-electron chi connectivity index (χ2n) is 7.45. The first kappa shape index (κ1) is 21.7. The molecule has 9 nitrogen and oxygen atoms in total. The van der Waals surface area contributed by atoms with E-state index in [1.165, 1.54) is 41.9 Å². The summed E-state index contributed by atoms with van der Waals surface area (Å²) >= 11 is 0. The van der Waals surface area contributed by atoms with Crippen LogP contribution in [0.1, 0.15) is 18.4 Å². The van der Waals surface area contributed by atoms with E-state index < -0.39 is 33.7 Å². The molecule has 166 valence electrons. The van der Waals surface area contributed by atoms with Gasteiger partial charge in [-0.05, 0) is 42.0 Å². The zero-order valence-electron chi connectivity index (χ0n) is 16.3. The fourth-order valence-electron chi connectivity index (χ4n) is 3.78. The lowest BCUT2D eigenvalue weighted by molar-refractivity contribution is -0.136. The number of carbonyl (C=O) groups excluding carboxylic acids is 1. The van der Waals surface area contributed by atoms with Gasteiger partial charge in [-0.25, -0.2) is 18.3 Å². The van der Waals surface area contributed by atoms with Crippen molar-refractivity contribution in [2.45, 2.75) is 42.1 Å². The molecule has 2 aromatic carbocycles. The highest BCUT2D eigenvalue weighted by Gasteiger charge is 2.55. The first-order valence-electron chi connectivity index (χ1n) is 9.50. The van der Waals surface area contributed by atoms with Gasteiger partial charge in [0, 0.05) is 12.8 Å². The molecule has 0 aromatic heterocycles. The summed E-state index contributed by atoms with van der Waals surface area (Å²) in [6, 6.07) is 11.5. The predicted octanol–water partition coefficient (Wildman–Crippen LogP) is 1.46. The smallest absolute Gasteiger partial charge is 0.264 e. The van der Waals surface area contributed by atoms with Crippen molar-refractivity contribution < 1.29 is 37.0 Å². The number of carbonyl (C=O) groups is 1. The summed E-state index contributed by atoms with van der Waals surface area (Å²) in [7, 11) is -4.11. The standard InChI is InChI=1S/C20H21FN2O7S/c21-14-3-1-13(2-4-14)11-28-15-5-7-16(8-6-15)31(26,27)23-20(19(24)22-25)9-17-18(10-20)30-12-29-17/h1-8,17-18,23,25H,9-12H2,(H,22,24)/t17-,18+,20?. The molecule has 1 unspecified atom stereocenters. The van der Waals surface area contributed by atoms with E-state index in [0.29, 0.717) is 5.75 Å². The molecule has 1 saturated heterocycles. The molecule has 2 aliphatic rings. The number of nitrogens with one attached hydrogen (secondary N) is 2. The van der Waals surface area contributed by atoms with E-state index in [2.05, 4.69) is 4.72 Å². The SMILES string of the molecule is O=C(NO)C1(NS(=O)(=O)c2ccc(OCc3ccc(F)cc3)cc2)C[C@@H]2OCO[C@@H]2C1. The van der Waals surface area contributed by atoms with Crippen molar-refractivity contribution in [1.82, 2.24) is 10.2 Å². The Hall–Kier alpha value is -2.57. The molecule has 3 N–H and O–H groups in total. The van der Waals surface area contributed by atoms with Crippen LogP contribution in [0.25, 0.3) is 0 Å². The van der Waals surface area contributed by atoms with Gasteiger partial charge in [-0.1, -0.05) is 12.1 Å².